The second kappa shape index (κ2) is 9.54. The minimum absolute atomic E-state index is 0.0974. The van der Waals surface area contributed by atoms with Crippen LogP contribution in [0.25, 0.3) is 0 Å². The lowest BCUT2D eigenvalue weighted by molar-refractivity contribution is 0.0940. The van der Waals surface area contributed by atoms with E-state index in [-0.39, 0.29) is 26.1 Å². The highest BCUT2D eigenvalue weighted by Crippen LogP contribution is 2.24. The summed E-state index contributed by atoms with van der Waals surface area (Å²) in [6.07, 6.45) is 1.12. The molecule has 10 heteroatoms. The van der Waals surface area contributed by atoms with Crippen LogP contribution < -0.4 is 10.0 Å². The second-order valence-electron chi connectivity index (χ2n) is 7.65. The molecule has 174 valence electrons. The molecule has 2 N–H and O–H groups in total. The number of hydrogen-bond acceptors (Lipinski definition) is 5. The molecule has 0 spiro atoms. The monoisotopic (exact) mass is 506 g/mol. The first-order valence-electron chi connectivity index (χ1n) is 9.87. The van der Waals surface area contributed by atoms with Crippen LogP contribution in [0, 0.1) is 6.92 Å². The number of nitrogens with one attached hydrogen (secondary N) is 2. The van der Waals surface area contributed by atoms with Gasteiger partial charge < -0.3 is 5.32 Å². The maximum atomic E-state index is 12.8. The molecule has 3 aromatic rings. The summed E-state index contributed by atoms with van der Waals surface area (Å²) in [5.41, 5.74) is 1.92. The lowest BCUT2D eigenvalue weighted by atomic mass is 10.1. The minimum atomic E-state index is -3.84. The third kappa shape index (κ3) is 6.13. The van der Waals surface area contributed by atoms with Crippen molar-refractivity contribution in [2.45, 2.75) is 29.7 Å². The topological polar surface area (TPSA) is 109 Å². The molecule has 0 heterocycles. The van der Waals surface area contributed by atoms with Gasteiger partial charge in [0.1, 0.15) is 0 Å². The average molecular weight is 507 g/mol. The van der Waals surface area contributed by atoms with E-state index in [2.05, 4.69) is 10.0 Å². The molecule has 0 aliphatic rings. The van der Waals surface area contributed by atoms with Gasteiger partial charge in [0.05, 0.1) is 26.4 Å². The second-order valence-corrected chi connectivity index (χ2v) is 11.8. The molecule has 0 aromatic heterocycles. The van der Waals surface area contributed by atoms with Gasteiger partial charge in [-0.2, -0.15) is 0 Å². The standard InChI is InChI=1S/C23H23ClN2O5S2/c1-15-4-9-20(10-5-15)33(30,31)26-18-8-13-22(24)21(14-18)23(27)25-16(2)17-6-11-19(12-7-17)32(3,28)29/h4-14,16,26H,1-3H3,(H,25,27)/t16-/m0/s1. The first kappa shape index (κ1) is 24.8. The van der Waals surface area contributed by atoms with Crippen LogP contribution in [0.15, 0.2) is 76.5 Å². The molecule has 1 amide bonds. The smallest absolute Gasteiger partial charge is 0.261 e. The van der Waals surface area contributed by atoms with Crippen LogP contribution in [-0.2, 0) is 19.9 Å². The Morgan fingerprint density at radius 2 is 1.45 bits per heavy atom. The molecule has 0 aliphatic heterocycles. The van der Waals surface area contributed by atoms with Gasteiger partial charge in [0.25, 0.3) is 15.9 Å². The van der Waals surface area contributed by atoms with Gasteiger partial charge in [-0.05, 0) is 61.9 Å². The van der Waals surface area contributed by atoms with Crippen LogP contribution in [0.2, 0.25) is 5.02 Å². The van der Waals surface area contributed by atoms with E-state index >= 15 is 0 Å². The van der Waals surface area contributed by atoms with Crippen LogP contribution >= 0.6 is 11.6 Å². The van der Waals surface area contributed by atoms with Gasteiger partial charge in [-0.3, -0.25) is 9.52 Å². The van der Waals surface area contributed by atoms with Crippen LogP contribution in [0.4, 0.5) is 5.69 Å². The fraction of sp³-hybridized carbons (Fsp3) is 0.174. The zero-order valence-electron chi connectivity index (χ0n) is 18.2. The molecule has 1 atom stereocenters. The Labute approximate surface area is 198 Å². The minimum Gasteiger partial charge on any atom is -0.345 e. The molecule has 0 aliphatic carbocycles. The third-order valence-electron chi connectivity index (χ3n) is 4.95. The zero-order chi connectivity index (χ0) is 24.4. The summed E-state index contributed by atoms with van der Waals surface area (Å²) >= 11 is 6.19. The Morgan fingerprint density at radius 1 is 0.879 bits per heavy atom. The van der Waals surface area contributed by atoms with Gasteiger partial charge in [-0.25, -0.2) is 16.8 Å². The van der Waals surface area contributed by atoms with Crippen LogP contribution in [-0.4, -0.2) is 29.0 Å². The summed E-state index contributed by atoms with van der Waals surface area (Å²) < 4.78 is 51.0. The van der Waals surface area contributed by atoms with Crippen molar-refractivity contribution in [3.63, 3.8) is 0 Å². The fourth-order valence-corrected chi connectivity index (χ4v) is 4.94. The number of halogens is 1. The molecular weight excluding hydrogens is 484 g/mol. The van der Waals surface area contributed by atoms with Crippen molar-refractivity contribution in [1.29, 1.82) is 0 Å². The van der Waals surface area contributed by atoms with Crippen molar-refractivity contribution >= 4 is 43.1 Å². The molecular formula is C23H23ClN2O5S2. The molecule has 3 rings (SSSR count). The molecule has 33 heavy (non-hydrogen) atoms. The predicted molar refractivity (Wildman–Crippen MR) is 129 cm³/mol. The quantitative estimate of drug-likeness (QED) is 0.495. The van der Waals surface area contributed by atoms with Crippen molar-refractivity contribution in [1.82, 2.24) is 5.32 Å². The number of sulfone groups is 1. The number of carbonyl (C=O) groups is 1. The summed E-state index contributed by atoms with van der Waals surface area (Å²) in [7, 11) is -7.16. The Balaban J connectivity index is 1.78. The average Bonchev–Trinajstić information content (AvgIpc) is 2.74. The van der Waals surface area contributed by atoms with Crippen molar-refractivity contribution in [3.05, 3.63) is 88.4 Å². The number of anilines is 1. The van der Waals surface area contributed by atoms with E-state index in [1.807, 2.05) is 6.92 Å². The van der Waals surface area contributed by atoms with Crippen molar-refractivity contribution in [3.8, 4) is 0 Å². The van der Waals surface area contributed by atoms with Crippen LogP contribution in [0.5, 0.6) is 0 Å². The number of hydrogen-bond donors (Lipinski definition) is 2. The molecule has 0 bridgehead atoms. The maximum absolute atomic E-state index is 12.8. The van der Waals surface area contributed by atoms with Crippen LogP contribution in [0.3, 0.4) is 0 Å². The highest BCUT2D eigenvalue weighted by Gasteiger charge is 2.19. The highest BCUT2D eigenvalue weighted by molar-refractivity contribution is 7.92. The first-order chi connectivity index (χ1) is 15.4. The lowest BCUT2D eigenvalue weighted by Crippen LogP contribution is -2.27. The van der Waals surface area contributed by atoms with Gasteiger partial charge in [-0.15, -0.1) is 0 Å². The lowest BCUT2D eigenvalue weighted by Gasteiger charge is -2.16. The summed E-state index contributed by atoms with van der Waals surface area (Å²) in [6.45, 7) is 3.60. The number of carbonyl (C=O) groups excluding carboxylic acids is 1. The molecule has 0 unspecified atom stereocenters. The Hall–Kier alpha value is -2.88. The Morgan fingerprint density at radius 3 is 2.03 bits per heavy atom. The molecule has 0 radical (unpaired) electrons. The number of amides is 1. The van der Waals surface area contributed by atoms with E-state index in [4.69, 9.17) is 11.6 Å². The molecule has 0 fully saturated rings. The third-order valence-corrected chi connectivity index (χ3v) is 7.81. The van der Waals surface area contributed by atoms with Gasteiger partial charge in [0.2, 0.25) is 0 Å². The number of aryl methyl sites for hydroxylation is 1. The van der Waals surface area contributed by atoms with Crippen molar-refractivity contribution < 1.29 is 21.6 Å². The first-order valence-corrected chi connectivity index (χ1v) is 13.6. The predicted octanol–water partition coefficient (Wildman–Crippen LogP) is 4.34. The van der Waals surface area contributed by atoms with E-state index in [1.54, 1.807) is 31.2 Å². The normalized spacial score (nSPS) is 12.7. The molecule has 0 saturated heterocycles. The maximum Gasteiger partial charge on any atom is 0.261 e. The Bertz CT molecular complexity index is 1390. The van der Waals surface area contributed by atoms with E-state index < -0.39 is 31.8 Å². The van der Waals surface area contributed by atoms with E-state index in [9.17, 15) is 21.6 Å². The van der Waals surface area contributed by atoms with E-state index in [1.165, 1.54) is 42.5 Å². The summed E-state index contributed by atoms with van der Waals surface area (Å²) in [5.74, 6) is -0.504. The molecule has 0 saturated carbocycles. The van der Waals surface area contributed by atoms with Crippen LogP contribution in [0.1, 0.15) is 34.5 Å². The number of benzene rings is 3. The fourth-order valence-electron chi connectivity index (χ4n) is 3.06. The van der Waals surface area contributed by atoms with Crippen molar-refractivity contribution in [2.75, 3.05) is 11.0 Å². The van der Waals surface area contributed by atoms with E-state index in [0.29, 0.717) is 5.56 Å². The van der Waals surface area contributed by atoms with Gasteiger partial charge >= 0.3 is 0 Å². The SMILES string of the molecule is Cc1ccc(S(=O)(=O)Nc2ccc(Cl)c(C(=O)N[C@@H](C)c3ccc(S(C)(=O)=O)cc3)c2)cc1. The van der Waals surface area contributed by atoms with Gasteiger partial charge in [0.15, 0.2) is 9.84 Å². The summed E-state index contributed by atoms with van der Waals surface area (Å²) in [4.78, 5) is 13.1. The number of rotatable bonds is 7. The Kier molecular flexibility index (Phi) is 7.16. The highest BCUT2D eigenvalue weighted by atomic mass is 35.5. The van der Waals surface area contributed by atoms with Crippen molar-refractivity contribution in [2.24, 2.45) is 0 Å². The number of sulfonamides is 1. The summed E-state index contributed by atoms with van der Waals surface area (Å²) in [6, 6.07) is 16.4. The van der Waals surface area contributed by atoms with E-state index in [0.717, 1.165) is 11.8 Å². The largest absolute Gasteiger partial charge is 0.345 e. The summed E-state index contributed by atoms with van der Waals surface area (Å²) in [5, 5.41) is 2.95. The van der Waals surface area contributed by atoms with Gasteiger partial charge in [0, 0.05) is 11.9 Å². The van der Waals surface area contributed by atoms with Gasteiger partial charge in [-0.1, -0.05) is 41.4 Å². The zero-order valence-corrected chi connectivity index (χ0v) is 20.6. The molecule has 7 nitrogen and oxygen atoms in total. The molecule has 3 aromatic carbocycles.